The zero-order valence-corrected chi connectivity index (χ0v) is 16.3. The molecule has 8 heteroatoms. The van der Waals surface area contributed by atoms with Gasteiger partial charge in [-0.15, -0.1) is 0 Å². The smallest absolute Gasteiger partial charge is 0.347 e. The van der Waals surface area contributed by atoms with Crippen molar-refractivity contribution >= 4 is 46.5 Å². The van der Waals surface area contributed by atoms with Crippen molar-refractivity contribution in [3.8, 4) is 5.75 Å². The van der Waals surface area contributed by atoms with Crippen LogP contribution in [-0.2, 0) is 25.5 Å². The molecule has 0 fully saturated rings. The lowest BCUT2D eigenvalue weighted by atomic mass is 9.88. The fraction of sp³-hybridized carbons (Fsp3) is 0.421. The zero-order valence-electron chi connectivity index (χ0n) is 14.8. The Hall–Kier alpha value is -2.05. The molecule has 1 atom stereocenters. The second-order valence-electron chi connectivity index (χ2n) is 7.12. The van der Waals surface area contributed by atoms with Crippen molar-refractivity contribution in [2.45, 2.75) is 38.7 Å². The van der Waals surface area contributed by atoms with Crippen LogP contribution in [0.15, 0.2) is 12.1 Å². The summed E-state index contributed by atoms with van der Waals surface area (Å²) in [5, 5.41) is 9.42. The second-order valence-corrected chi connectivity index (χ2v) is 7.88. The summed E-state index contributed by atoms with van der Waals surface area (Å²) in [4.78, 5) is 34.6. The van der Waals surface area contributed by atoms with Gasteiger partial charge in [-0.05, 0) is 55.9 Å². The van der Waals surface area contributed by atoms with Gasteiger partial charge in [-0.1, -0.05) is 23.2 Å². The number of benzene rings is 1. The number of fused-ring (bicyclic) bond motifs is 3. The molecular weight excluding hydrogens is 395 g/mol. The molecule has 0 bridgehead atoms. The molecule has 2 aliphatic rings. The van der Waals surface area contributed by atoms with Crippen LogP contribution in [0.25, 0.3) is 5.57 Å². The first kappa shape index (κ1) is 19.7. The van der Waals surface area contributed by atoms with Crippen LogP contribution in [0, 0.1) is 5.92 Å². The summed E-state index contributed by atoms with van der Waals surface area (Å²) in [5.74, 6) is -1.58. The van der Waals surface area contributed by atoms with E-state index < -0.39 is 24.1 Å². The van der Waals surface area contributed by atoms with Gasteiger partial charge in [0.05, 0.1) is 5.02 Å². The Labute approximate surface area is 166 Å². The maximum Gasteiger partial charge on any atom is 0.347 e. The Balaban J connectivity index is 1.79. The fourth-order valence-corrected chi connectivity index (χ4v) is 3.84. The highest BCUT2D eigenvalue weighted by Gasteiger charge is 2.35. The number of allylic oxidation sites excluding steroid dienone is 2. The number of ether oxygens (including phenoxy) is 2. The molecule has 0 saturated heterocycles. The third-order valence-corrected chi connectivity index (χ3v) is 5.58. The first-order chi connectivity index (χ1) is 12.6. The van der Waals surface area contributed by atoms with Crippen LogP contribution in [0.4, 0.5) is 0 Å². The number of carboxylic acids is 1. The molecule has 2 aliphatic carbocycles. The maximum atomic E-state index is 11.9. The van der Waals surface area contributed by atoms with Crippen LogP contribution in [-0.4, -0.2) is 35.0 Å². The third-order valence-electron chi connectivity index (χ3n) is 4.74. The summed E-state index contributed by atoms with van der Waals surface area (Å²) in [6, 6.07) is 1.71. The van der Waals surface area contributed by atoms with E-state index in [-0.39, 0.29) is 27.5 Å². The third kappa shape index (κ3) is 3.82. The zero-order chi connectivity index (χ0) is 19.9. The summed E-state index contributed by atoms with van der Waals surface area (Å²) in [6.45, 7) is 2.03. The first-order valence-electron chi connectivity index (χ1n) is 8.44. The number of carboxylic acid groups (broad SMARTS) is 1. The van der Waals surface area contributed by atoms with Gasteiger partial charge in [-0.2, -0.15) is 0 Å². The van der Waals surface area contributed by atoms with E-state index in [1.807, 2.05) is 0 Å². The molecular formula is C19H18Cl2O6. The van der Waals surface area contributed by atoms with Crippen LogP contribution >= 0.6 is 23.2 Å². The van der Waals surface area contributed by atoms with Gasteiger partial charge in [-0.25, -0.2) is 9.59 Å². The molecule has 1 unspecified atom stereocenters. The van der Waals surface area contributed by atoms with E-state index in [9.17, 15) is 14.4 Å². The standard InChI is InChI=1S/C19H18Cl2O6/c1-19(2,18(24)25)27-14(23)8-26-13-6-10-5-9-3-4-11(22)7-12(9)15(10)17(21)16(13)20/h6-7,9H,3-5,8H2,1-2H3,(H,24,25). The summed E-state index contributed by atoms with van der Waals surface area (Å²) >= 11 is 12.7. The molecule has 6 nitrogen and oxygen atoms in total. The lowest BCUT2D eigenvalue weighted by molar-refractivity contribution is -0.175. The van der Waals surface area contributed by atoms with Crippen molar-refractivity contribution in [3.63, 3.8) is 0 Å². The van der Waals surface area contributed by atoms with Gasteiger partial charge in [0.15, 0.2) is 12.4 Å². The number of ketones is 1. The Kier molecular flexibility index (Phi) is 5.23. The number of aliphatic carboxylic acids is 1. The normalized spacial score (nSPS) is 18.4. The molecule has 1 aromatic carbocycles. The van der Waals surface area contributed by atoms with E-state index in [0.29, 0.717) is 6.42 Å². The van der Waals surface area contributed by atoms with E-state index in [0.717, 1.165) is 29.5 Å². The van der Waals surface area contributed by atoms with Crippen LogP contribution in [0.3, 0.4) is 0 Å². The quantitative estimate of drug-likeness (QED) is 0.741. The number of halogens is 2. The number of hydrogen-bond acceptors (Lipinski definition) is 5. The number of esters is 1. The first-order valence-corrected chi connectivity index (χ1v) is 9.19. The highest BCUT2D eigenvalue weighted by atomic mass is 35.5. The molecule has 0 aliphatic heterocycles. The van der Waals surface area contributed by atoms with Crippen molar-refractivity contribution in [3.05, 3.63) is 33.3 Å². The van der Waals surface area contributed by atoms with Crippen LogP contribution in [0.2, 0.25) is 10.0 Å². The fourth-order valence-electron chi connectivity index (χ4n) is 3.31. The molecule has 3 rings (SSSR count). The largest absolute Gasteiger partial charge is 0.480 e. The predicted molar refractivity (Wildman–Crippen MR) is 99.2 cm³/mol. The molecule has 0 aromatic heterocycles. The molecule has 0 saturated carbocycles. The molecule has 27 heavy (non-hydrogen) atoms. The van der Waals surface area contributed by atoms with Crippen LogP contribution in [0.5, 0.6) is 5.75 Å². The van der Waals surface area contributed by atoms with E-state index >= 15 is 0 Å². The highest BCUT2D eigenvalue weighted by molar-refractivity contribution is 6.44. The molecule has 1 aromatic rings. The van der Waals surface area contributed by atoms with Crippen molar-refractivity contribution in [2.75, 3.05) is 6.61 Å². The van der Waals surface area contributed by atoms with Gasteiger partial charge < -0.3 is 14.6 Å². The molecule has 0 radical (unpaired) electrons. The molecule has 0 amide bonds. The highest BCUT2D eigenvalue weighted by Crippen LogP contribution is 2.49. The van der Waals surface area contributed by atoms with E-state index in [4.69, 9.17) is 37.8 Å². The number of hydrogen-bond donors (Lipinski definition) is 1. The van der Waals surface area contributed by atoms with Crippen molar-refractivity contribution in [1.29, 1.82) is 0 Å². The Bertz CT molecular complexity index is 871. The average molecular weight is 413 g/mol. The van der Waals surface area contributed by atoms with Gasteiger partial charge in [0.25, 0.3) is 0 Å². The Morgan fingerprint density at radius 2 is 2.00 bits per heavy atom. The van der Waals surface area contributed by atoms with Crippen molar-refractivity contribution < 1.29 is 29.0 Å². The Morgan fingerprint density at radius 1 is 1.30 bits per heavy atom. The number of rotatable bonds is 5. The van der Waals surface area contributed by atoms with Crippen molar-refractivity contribution in [2.24, 2.45) is 5.92 Å². The van der Waals surface area contributed by atoms with Gasteiger partial charge in [-0.3, -0.25) is 4.79 Å². The molecule has 0 heterocycles. The van der Waals surface area contributed by atoms with Gasteiger partial charge in [0.1, 0.15) is 10.8 Å². The van der Waals surface area contributed by atoms with Gasteiger partial charge >= 0.3 is 11.9 Å². The lowest BCUT2D eigenvalue weighted by Gasteiger charge is -2.20. The van der Waals surface area contributed by atoms with Crippen LogP contribution in [0.1, 0.15) is 37.8 Å². The van der Waals surface area contributed by atoms with Gasteiger partial charge in [0.2, 0.25) is 5.60 Å². The monoisotopic (exact) mass is 412 g/mol. The summed E-state index contributed by atoms with van der Waals surface area (Å²) in [6.07, 6.45) is 3.63. The number of carbonyl (C=O) groups excluding carboxylic acids is 2. The minimum atomic E-state index is -1.66. The van der Waals surface area contributed by atoms with Crippen molar-refractivity contribution in [1.82, 2.24) is 0 Å². The Morgan fingerprint density at radius 3 is 2.67 bits per heavy atom. The minimum absolute atomic E-state index is 0.0745. The predicted octanol–water partition coefficient (Wildman–Crippen LogP) is 3.70. The number of carbonyl (C=O) groups is 3. The van der Waals surface area contributed by atoms with Gasteiger partial charge in [0, 0.05) is 12.0 Å². The SMILES string of the molecule is CC(C)(OC(=O)COc1cc2c(c(Cl)c1Cl)C1=CC(=O)CCC1C2)C(=O)O. The topological polar surface area (TPSA) is 89.9 Å². The maximum absolute atomic E-state index is 11.9. The molecule has 144 valence electrons. The average Bonchev–Trinajstić information content (AvgIpc) is 2.93. The van der Waals surface area contributed by atoms with E-state index in [1.54, 1.807) is 12.1 Å². The molecule has 1 N–H and O–H groups in total. The second kappa shape index (κ2) is 7.17. The summed E-state index contributed by atoms with van der Waals surface area (Å²) < 4.78 is 10.3. The summed E-state index contributed by atoms with van der Waals surface area (Å²) in [7, 11) is 0. The lowest BCUT2D eigenvalue weighted by Crippen LogP contribution is -2.38. The van der Waals surface area contributed by atoms with Crippen LogP contribution < -0.4 is 4.74 Å². The minimum Gasteiger partial charge on any atom is -0.480 e. The summed E-state index contributed by atoms with van der Waals surface area (Å²) in [5.41, 5.74) is 0.919. The van der Waals surface area contributed by atoms with E-state index in [1.165, 1.54) is 13.8 Å². The molecule has 0 spiro atoms. The van der Waals surface area contributed by atoms with E-state index in [2.05, 4.69) is 0 Å².